The molecule has 5 rings (SSSR count). The SMILES string of the molecule is CC(C)C1CCCC2NC(C(=O)N3CCC4NC(NCC5(O)CCC5)SC4C3)CC21. The molecule has 0 spiro atoms. The maximum absolute atomic E-state index is 13.4. The van der Waals surface area contributed by atoms with Crippen molar-refractivity contribution in [1.82, 2.24) is 20.9 Å². The number of nitrogens with zero attached hydrogens (tertiary/aromatic N) is 1. The van der Waals surface area contributed by atoms with Crippen molar-refractivity contribution in [2.24, 2.45) is 17.8 Å². The summed E-state index contributed by atoms with van der Waals surface area (Å²) in [6.07, 6.45) is 8.91. The Balaban J connectivity index is 1.14. The zero-order chi connectivity index (χ0) is 20.9. The molecule has 2 aliphatic carbocycles. The largest absolute Gasteiger partial charge is 0.389 e. The molecule has 0 aromatic heterocycles. The summed E-state index contributed by atoms with van der Waals surface area (Å²) in [5.41, 5.74) is -0.296. The van der Waals surface area contributed by atoms with E-state index in [1.165, 1.54) is 19.3 Å². The number of hydrogen-bond acceptors (Lipinski definition) is 6. The summed E-state index contributed by atoms with van der Waals surface area (Å²) < 4.78 is 0. The third-order valence-electron chi connectivity index (χ3n) is 8.64. The zero-order valence-corrected chi connectivity index (χ0v) is 19.4. The fourth-order valence-corrected chi connectivity index (χ4v) is 8.12. The molecule has 30 heavy (non-hydrogen) atoms. The van der Waals surface area contributed by atoms with Crippen LogP contribution in [0.3, 0.4) is 0 Å². The predicted octanol–water partition coefficient (Wildman–Crippen LogP) is 1.88. The van der Waals surface area contributed by atoms with Gasteiger partial charge in [0.15, 0.2) is 0 Å². The van der Waals surface area contributed by atoms with Gasteiger partial charge in [-0.1, -0.05) is 20.3 Å². The van der Waals surface area contributed by atoms with E-state index >= 15 is 0 Å². The summed E-state index contributed by atoms with van der Waals surface area (Å²) >= 11 is 1.91. The molecule has 5 aliphatic rings. The Labute approximate surface area is 185 Å². The van der Waals surface area contributed by atoms with E-state index in [-0.39, 0.29) is 11.5 Å². The molecule has 4 N–H and O–H groups in total. The first-order chi connectivity index (χ1) is 14.4. The van der Waals surface area contributed by atoms with Gasteiger partial charge < -0.3 is 15.3 Å². The standard InChI is InChI=1S/C23H40N4O2S/c1-14(2)15-5-3-6-17-16(15)11-19(25-17)21(28)27-10-7-18-20(12-27)30-22(26-18)24-13-23(29)8-4-9-23/h14-20,22,24-26,29H,3-13H2,1-2H3. The second-order valence-corrected chi connectivity index (χ2v) is 12.3. The number of thioether (sulfide) groups is 1. The van der Waals surface area contributed by atoms with Gasteiger partial charge in [0.1, 0.15) is 5.50 Å². The summed E-state index contributed by atoms with van der Waals surface area (Å²) in [5.74, 6) is 2.50. The molecule has 3 aliphatic heterocycles. The maximum atomic E-state index is 13.4. The smallest absolute Gasteiger partial charge is 0.239 e. The van der Waals surface area contributed by atoms with Crippen molar-refractivity contribution >= 4 is 17.7 Å². The number of aliphatic hydroxyl groups is 1. The number of rotatable bonds is 5. The molecule has 6 nitrogen and oxygen atoms in total. The second kappa shape index (κ2) is 8.54. The van der Waals surface area contributed by atoms with Crippen molar-refractivity contribution in [2.75, 3.05) is 19.6 Å². The van der Waals surface area contributed by atoms with E-state index in [1.807, 2.05) is 11.8 Å². The second-order valence-electron chi connectivity index (χ2n) is 10.9. The Kier molecular flexibility index (Phi) is 6.12. The van der Waals surface area contributed by atoms with Gasteiger partial charge in [-0.05, 0) is 62.7 Å². The molecule has 0 aromatic carbocycles. The summed E-state index contributed by atoms with van der Waals surface area (Å²) in [7, 11) is 0. The van der Waals surface area contributed by atoms with Gasteiger partial charge in [-0.15, -0.1) is 11.8 Å². The van der Waals surface area contributed by atoms with Crippen molar-refractivity contribution in [2.45, 2.75) is 99.7 Å². The van der Waals surface area contributed by atoms with Gasteiger partial charge in [-0.25, -0.2) is 0 Å². The van der Waals surface area contributed by atoms with E-state index in [9.17, 15) is 9.90 Å². The fourth-order valence-electron chi connectivity index (χ4n) is 6.67. The fraction of sp³-hybridized carbons (Fsp3) is 0.957. The van der Waals surface area contributed by atoms with Crippen LogP contribution in [0.15, 0.2) is 0 Å². The summed E-state index contributed by atoms with van der Waals surface area (Å²) in [6.45, 7) is 7.10. The Morgan fingerprint density at radius 2 is 2.03 bits per heavy atom. The van der Waals surface area contributed by atoms with Gasteiger partial charge in [0.05, 0.1) is 11.6 Å². The Morgan fingerprint density at radius 3 is 2.77 bits per heavy atom. The number of piperidine rings is 1. The van der Waals surface area contributed by atoms with Crippen molar-refractivity contribution in [1.29, 1.82) is 0 Å². The Bertz CT molecular complexity index is 643. The predicted molar refractivity (Wildman–Crippen MR) is 121 cm³/mol. The average molecular weight is 437 g/mol. The molecule has 1 amide bonds. The van der Waals surface area contributed by atoms with E-state index in [0.717, 1.165) is 51.1 Å². The van der Waals surface area contributed by atoms with Crippen LogP contribution < -0.4 is 16.0 Å². The topological polar surface area (TPSA) is 76.6 Å². The first-order valence-electron chi connectivity index (χ1n) is 12.3. The number of nitrogens with one attached hydrogen (secondary N) is 3. The lowest BCUT2D eigenvalue weighted by atomic mass is 9.71. The third-order valence-corrected chi connectivity index (χ3v) is 10.0. The molecule has 5 fully saturated rings. The molecule has 2 saturated carbocycles. The van der Waals surface area contributed by atoms with Crippen LogP contribution in [0, 0.1) is 17.8 Å². The van der Waals surface area contributed by atoms with Crippen LogP contribution in [0.25, 0.3) is 0 Å². The summed E-state index contributed by atoms with van der Waals surface area (Å²) in [4.78, 5) is 15.5. The minimum Gasteiger partial charge on any atom is -0.389 e. The van der Waals surface area contributed by atoms with E-state index in [1.54, 1.807) is 0 Å². The lowest BCUT2D eigenvalue weighted by molar-refractivity contribution is -0.134. The molecule has 3 heterocycles. The molecule has 3 saturated heterocycles. The molecule has 0 radical (unpaired) electrons. The van der Waals surface area contributed by atoms with E-state index in [0.29, 0.717) is 41.6 Å². The van der Waals surface area contributed by atoms with Crippen LogP contribution in [-0.2, 0) is 4.79 Å². The van der Waals surface area contributed by atoms with Crippen LogP contribution in [0.4, 0.5) is 0 Å². The van der Waals surface area contributed by atoms with Crippen molar-refractivity contribution in [3.8, 4) is 0 Å². The van der Waals surface area contributed by atoms with Crippen molar-refractivity contribution in [3.05, 3.63) is 0 Å². The van der Waals surface area contributed by atoms with Crippen LogP contribution in [-0.4, -0.2) is 70.0 Å². The molecule has 0 bridgehead atoms. The Hall–Kier alpha value is -0.340. The van der Waals surface area contributed by atoms with E-state index in [2.05, 4.69) is 34.7 Å². The van der Waals surface area contributed by atoms with Crippen LogP contribution >= 0.6 is 11.8 Å². The highest BCUT2D eigenvalue weighted by atomic mass is 32.2. The molecule has 170 valence electrons. The number of amides is 1. The van der Waals surface area contributed by atoms with Gasteiger partial charge >= 0.3 is 0 Å². The molecular weight excluding hydrogens is 396 g/mol. The highest BCUT2D eigenvalue weighted by molar-refractivity contribution is 8.00. The Morgan fingerprint density at radius 1 is 1.20 bits per heavy atom. The zero-order valence-electron chi connectivity index (χ0n) is 18.6. The molecule has 7 unspecified atom stereocenters. The minimum absolute atomic E-state index is 0.0250. The van der Waals surface area contributed by atoms with Gasteiger partial charge in [0.25, 0.3) is 0 Å². The monoisotopic (exact) mass is 436 g/mol. The summed E-state index contributed by atoms with van der Waals surface area (Å²) in [5, 5.41) is 21.7. The minimum atomic E-state index is -0.489. The number of carbonyl (C=O) groups excluding carboxylic acids is 1. The number of fused-ring (bicyclic) bond motifs is 2. The van der Waals surface area contributed by atoms with Gasteiger partial charge in [0, 0.05) is 37.0 Å². The lowest BCUT2D eigenvalue weighted by Gasteiger charge is -2.37. The first-order valence-corrected chi connectivity index (χ1v) is 13.3. The lowest BCUT2D eigenvalue weighted by Crippen LogP contribution is -2.54. The molecule has 0 aromatic rings. The van der Waals surface area contributed by atoms with Crippen LogP contribution in [0.2, 0.25) is 0 Å². The quantitative estimate of drug-likeness (QED) is 0.527. The molecule has 7 heteroatoms. The molecule has 7 atom stereocenters. The first kappa shape index (κ1) is 21.5. The van der Waals surface area contributed by atoms with Gasteiger partial charge in [-0.2, -0.15) is 0 Å². The highest BCUT2D eigenvalue weighted by Gasteiger charge is 2.47. The number of hydrogen-bond donors (Lipinski definition) is 4. The normalized spacial score (nSPS) is 42.7. The number of carbonyl (C=O) groups is 1. The third kappa shape index (κ3) is 4.17. The number of likely N-dealkylation sites (tertiary alicyclic amines) is 1. The van der Waals surface area contributed by atoms with E-state index in [4.69, 9.17) is 0 Å². The van der Waals surface area contributed by atoms with Crippen molar-refractivity contribution < 1.29 is 9.90 Å². The average Bonchev–Trinajstić information content (AvgIpc) is 3.32. The summed E-state index contributed by atoms with van der Waals surface area (Å²) in [6, 6.07) is 1.04. The van der Waals surface area contributed by atoms with Gasteiger partial charge in [-0.3, -0.25) is 15.4 Å². The highest BCUT2D eigenvalue weighted by Crippen LogP contribution is 2.42. The van der Waals surface area contributed by atoms with Crippen molar-refractivity contribution in [3.63, 3.8) is 0 Å². The van der Waals surface area contributed by atoms with Crippen LogP contribution in [0.1, 0.15) is 65.2 Å². The molecular formula is C23H40N4O2S. The van der Waals surface area contributed by atoms with E-state index < -0.39 is 5.60 Å². The van der Waals surface area contributed by atoms with Crippen LogP contribution in [0.5, 0.6) is 0 Å². The maximum Gasteiger partial charge on any atom is 0.239 e. The van der Waals surface area contributed by atoms with Gasteiger partial charge in [0.2, 0.25) is 5.91 Å².